The van der Waals surface area contributed by atoms with Gasteiger partial charge in [0.2, 0.25) is 5.69 Å². The summed E-state index contributed by atoms with van der Waals surface area (Å²) in [5.74, 6) is -0.571. The molecule has 2 heterocycles. The minimum Gasteiger partial charge on any atom is -0.454 e. The molecule has 5 aromatic rings. The van der Waals surface area contributed by atoms with Crippen molar-refractivity contribution in [2.45, 2.75) is 123 Å². The molecule has 3 nitrogen and oxygen atoms in total. The van der Waals surface area contributed by atoms with E-state index in [0.29, 0.717) is 5.56 Å². The van der Waals surface area contributed by atoms with Crippen molar-refractivity contribution < 1.29 is 10.4 Å². The van der Waals surface area contributed by atoms with E-state index in [0.717, 1.165) is 94.8 Å². The molecule has 0 radical (unpaired) electrons. The maximum absolute atomic E-state index is 10.7. The van der Waals surface area contributed by atoms with Gasteiger partial charge < -0.3 is 4.42 Å². The van der Waals surface area contributed by atoms with Crippen molar-refractivity contribution in [2.24, 2.45) is 12.5 Å². The molecule has 2 aliphatic rings. The number of hydrogen-bond acceptors (Lipinski definition) is 2. The second-order valence-corrected chi connectivity index (χ2v) is 17.3. The molecule has 2 aliphatic carbocycles. The van der Waals surface area contributed by atoms with E-state index < -0.39 is 5.89 Å². The van der Waals surface area contributed by atoms with Crippen LogP contribution in [0.4, 0.5) is 0 Å². The van der Waals surface area contributed by atoms with Gasteiger partial charge in [0.25, 0.3) is 0 Å². The average Bonchev–Trinajstić information content (AvgIpc) is 3.41. The first-order chi connectivity index (χ1) is 23.0. The van der Waals surface area contributed by atoms with Gasteiger partial charge in [0, 0.05) is 29.8 Å². The summed E-state index contributed by atoms with van der Waals surface area (Å²) in [6.07, 6.45) is 10.5. The smallest absolute Gasteiger partial charge is 0.216 e. The molecule has 0 unspecified atom stereocenters. The van der Waals surface area contributed by atoms with Crippen LogP contribution >= 0.6 is 0 Å². The molecule has 0 aliphatic heterocycles. The van der Waals surface area contributed by atoms with Crippen LogP contribution in [0.3, 0.4) is 0 Å². The number of pyridine rings is 1. The van der Waals surface area contributed by atoms with E-state index in [9.17, 15) is 6.63 Å². The number of aryl methyl sites for hydroxylation is 2. The molecule has 1 fully saturated rings. The highest BCUT2D eigenvalue weighted by atomic mass is 16.3. The van der Waals surface area contributed by atoms with Crippen LogP contribution in [0.15, 0.2) is 59.1 Å². The molecule has 0 amide bonds. The molecule has 0 saturated heterocycles. The zero-order valence-electron chi connectivity index (χ0n) is 31.7. The predicted octanol–water partition coefficient (Wildman–Crippen LogP) is 11.9. The van der Waals surface area contributed by atoms with E-state index >= 15 is 0 Å². The lowest BCUT2D eigenvalue weighted by Gasteiger charge is -2.45. The van der Waals surface area contributed by atoms with Crippen molar-refractivity contribution in [2.75, 3.05) is 0 Å². The third-order valence-corrected chi connectivity index (χ3v) is 11.4. The van der Waals surface area contributed by atoms with Gasteiger partial charge in [-0.15, -0.1) is 0 Å². The molecule has 0 bridgehead atoms. The second kappa shape index (κ2) is 11.6. The van der Waals surface area contributed by atoms with E-state index in [1.807, 2.05) is 6.07 Å². The van der Waals surface area contributed by atoms with Crippen LogP contribution in [0, 0.1) is 23.7 Å². The summed E-state index contributed by atoms with van der Waals surface area (Å²) in [6.45, 7) is 18.5. The van der Waals surface area contributed by atoms with Crippen molar-refractivity contribution in [1.29, 1.82) is 5.26 Å². The Kier molecular flexibility index (Phi) is 7.59. The lowest BCUT2D eigenvalue weighted by atomic mass is 9.59. The fraction of sp³-hybridized carbons (Fsp3) is 0.467. The number of hydrogen-bond donors (Lipinski definition) is 0. The van der Waals surface area contributed by atoms with E-state index in [2.05, 4.69) is 122 Å². The Balaban J connectivity index is 1.54. The van der Waals surface area contributed by atoms with Gasteiger partial charge in [-0.05, 0) is 107 Å². The fourth-order valence-electron chi connectivity index (χ4n) is 8.90. The Hall–Kier alpha value is -3.90. The lowest BCUT2D eigenvalue weighted by Crippen LogP contribution is -2.36. The maximum Gasteiger partial charge on any atom is 0.216 e. The summed E-state index contributed by atoms with van der Waals surface area (Å²) in [5, 5.41) is 12.8. The largest absolute Gasteiger partial charge is 0.454 e. The van der Waals surface area contributed by atoms with E-state index in [4.69, 9.17) is 4.42 Å². The van der Waals surface area contributed by atoms with E-state index in [-0.39, 0.29) is 16.2 Å². The van der Waals surface area contributed by atoms with Crippen LogP contribution in [0.5, 0.6) is 0 Å². The molecule has 0 N–H and O–H groups in total. The first-order valence-electron chi connectivity index (χ1n) is 18.6. The van der Waals surface area contributed by atoms with Crippen molar-refractivity contribution >= 4 is 21.9 Å². The van der Waals surface area contributed by atoms with Gasteiger partial charge in [0.1, 0.15) is 18.2 Å². The number of benzene rings is 3. The van der Waals surface area contributed by atoms with Crippen LogP contribution in [0.1, 0.15) is 134 Å². The molecule has 2 aromatic heterocycles. The number of nitrogens with zero attached hydrogens (tertiary/aromatic N) is 2. The minimum absolute atomic E-state index is 0.0760. The van der Waals surface area contributed by atoms with Crippen molar-refractivity contribution in [3.05, 3.63) is 88.1 Å². The zero-order valence-corrected chi connectivity index (χ0v) is 30.7. The summed E-state index contributed by atoms with van der Waals surface area (Å²) in [7, 11) is 2.11. The molecular formula is C45H53N2O+. The monoisotopic (exact) mass is 638 g/mol. The topological polar surface area (TPSA) is 40.8 Å². The standard InChI is InChI=1S/C45H53N2O/c1-28-15-17-33-34-18-16-31(27-46)38(42(34)48-41(33)37(28)36-25-29(21-24-47(36)9)26-43(2,3)4)35-20-19-32(30-13-11-10-12-14-30)39-40(35)45(7,8)23-22-44(39,5)6/h15-21,24-25,30H,10-14,22-23,26H2,1-9H3/q+1/i30D. The second-order valence-electron chi connectivity index (χ2n) is 17.3. The molecule has 248 valence electrons. The number of fused-ring (bicyclic) bond motifs is 4. The average molecular weight is 639 g/mol. The Bertz CT molecular complexity index is 2160. The molecule has 1 saturated carbocycles. The van der Waals surface area contributed by atoms with Crippen molar-refractivity contribution in [1.82, 2.24) is 0 Å². The third-order valence-electron chi connectivity index (χ3n) is 11.4. The van der Waals surface area contributed by atoms with Crippen LogP contribution in [-0.2, 0) is 24.3 Å². The molecule has 7 rings (SSSR count). The van der Waals surface area contributed by atoms with Crippen LogP contribution in [0.2, 0.25) is 0 Å². The number of furan rings is 1. The number of aromatic nitrogens is 1. The summed E-state index contributed by atoms with van der Waals surface area (Å²) in [6, 6.07) is 20.1. The van der Waals surface area contributed by atoms with Gasteiger partial charge in [-0.2, -0.15) is 5.26 Å². The fourth-order valence-corrected chi connectivity index (χ4v) is 8.90. The number of rotatable bonds is 4. The summed E-state index contributed by atoms with van der Waals surface area (Å²) in [5.41, 5.74) is 12.8. The van der Waals surface area contributed by atoms with Gasteiger partial charge in [-0.25, -0.2) is 4.57 Å². The van der Waals surface area contributed by atoms with Crippen LogP contribution in [0.25, 0.3) is 44.3 Å². The molecular weight excluding hydrogens is 585 g/mol. The third kappa shape index (κ3) is 5.46. The molecule has 0 atom stereocenters. The van der Waals surface area contributed by atoms with Crippen molar-refractivity contribution in [3.63, 3.8) is 0 Å². The zero-order chi connectivity index (χ0) is 35.1. The summed E-state index contributed by atoms with van der Waals surface area (Å²) in [4.78, 5) is 0. The summed E-state index contributed by atoms with van der Waals surface area (Å²) >= 11 is 0. The normalized spacial score (nSPS) is 18.8. The van der Waals surface area contributed by atoms with Gasteiger partial charge >= 0.3 is 0 Å². The SMILES string of the molecule is [2H]C1(c2ccc(-c3c(C#N)ccc4c3oc3c(-c5cc(CC(C)(C)C)cc[n+]5C)c(C)ccc34)c3c2C(C)(C)CCC3(C)C)CCCCC1. The lowest BCUT2D eigenvalue weighted by molar-refractivity contribution is -0.660. The highest BCUT2D eigenvalue weighted by molar-refractivity contribution is 6.14. The molecule has 0 spiro atoms. The Morgan fingerprint density at radius 3 is 2.19 bits per heavy atom. The molecule has 48 heavy (non-hydrogen) atoms. The van der Waals surface area contributed by atoms with Crippen LogP contribution in [-0.4, -0.2) is 0 Å². The van der Waals surface area contributed by atoms with Gasteiger partial charge in [0.15, 0.2) is 6.20 Å². The van der Waals surface area contributed by atoms with Crippen LogP contribution < -0.4 is 4.57 Å². The number of nitriles is 1. The quantitative estimate of drug-likeness (QED) is 0.184. The molecule has 3 heteroatoms. The minimum atomic E-state index is -0.571. The first-order valence-corrected chi connectivity index (χ1v) is 18.1. The van der Waals surface area contributed by atoms with E-state index in [1.54, 1.807) is 0 Å². The van der Waals surface area contributed by atoms with Crippen molar-refractivity contribution in [3.8, 4) is 28.5 Å². The first kappa shape index (κ1) is 31.4. The Labute approximate surface area is 289 Å². The van der Waals surface area contributed by atoms with Gasteiger partial charge in [-0.3, -0.25) is 0 Å². The highest BCUT2D eigenvalue weighted by Crippen LogP contribution is 2.54. The molecule has 3 aromatic carbocycles. The van der Waals surface area contributed by atoms with Gasteiger partial charge in [0.05, 0.1) is 17.2 Å². The van der Waals surface area contributed by atoms with E-state index in [1.165, 1.54) is 28.7 Å². The summed E-state index contributed by atoms with van der Waals surface area (Å²) < 4.78 is 19.1. The Morgan fingerprint density at radius 2 is 1.52 bits per heavy atom. The maximum atomic E-state index is 10.7. The van der Waals surface area contributed by atoms with Gasteiger partial charge in [-0.1, -0.05) is 92.0 Å². The predicted molar refractivity (Wildman–Crippen MR) is 199 cm³/mol. The Morgan fingerprint density at radius 1 is 0.875 bits per heavy atom. The highest BCUT2D eigenvalue weighted by Gasteiger charge is 2.42.